The van der Waals surface area contributed by atoms with E-state index in [1.54, 1.807) is 0 Å². The molecule has 0 fully saturated rings. The van der Waals surface area contributed by atoms with Crippen molar-refractivity contribution in [2.75, 3.05) is 19.4 Å². The van der Waals surface area contributed by atoms with Crippen LogP contribution in [0.2, 0.25) is 0 Å². The van der Waals surface area contributed by atoms with Crippen molar-refractivity contribution in [1.82, 2.24) is 13.7 Å². The van der Waals surface area contributed by atoms with Gasteiger partial charge in [0.15, 0.2) is 0 Å². The van der Waals surface area contributed by atoms with Crippen LogP contribution in [-0.2, 0) is 10.0 Å². The molecule has 1 amide bonds. The summed E-state index contributed by atoms with van der Waals surface area (Å²) in [5, 5.41) is 2.83. The summed E-state index contributed by atoms with van der Waals surface area (Å²) >= 11 is 0. The Kier molecular flexibility index (Phi) is 5.34. The highest BCUT2D eigenvalue weighted by molar-refractivity contribution is 7.89. The van der Waals surface area contributed by atoms with Crippen LogP contribution in [0.1, 0.15) is 15.9 Å². The molecule has 2 aromatic heterocycles. The fourth-order valence-corrected chi connectivity index (χ4v) is 4.11. The van der Waals surface area contributed by atoms with Gasteiger partial charge in [0, 0.05) is 43.3 Å². The summed E-state index contributed by atoms with van der Waals surface area (Å²) in [7, 11) is -0.597. The summed E-state index contributed by atoms with van der Waals surface area (Å²) < 4.78 is 27.4. The lowest BCUT2D eigenvalue weighted by molar-refractivity contribution is 0.102. The number of sulfonamides is 1. The van der Waals surface area contributed by atoms with Crippen LogP contribution in [0.25, 0.3) is 16.9 Å². The number of fused-ring (bicyclic) bond motifs is 1. The van der Waals surface area contributed by atoms with Gasteiger partial charge in [-0.2, -0.15) is 0 Å². The van der Waals surface area contributed by atoms with Crippen LogP contribution in [0.3, 0.4) is 0 Å². The van der Waals surface area contributed by atoms with Crippen LogP contribution < -0.4 is 5.32 Å². The lowest BCUT2D eigenvalue weighted by Crippen LogP contribution is -2.22. The molecule has 8 heteroatoms. The maximum absolute atomic E-state index is 12.5. The van der Waals surface area contributed by atoms with Crippen molar-refractivity contribution in [3.8, 4) is 11.3 Å². The minimum Gasteiger partial charge on any atom is -0.322 e. The van der Waals surface area contributed by atoms with Crippen molar-refractivity contribution < 1.29 is 13.2 Å². The number of aromatic nitrogens is 2. The van der Waals surface area contributed by atoms with Crippen LogP contribution in [0.15, 0.2) is 78.0 Å². The fraction of sp³-hybridized carbons (Fsp3) is 0.130. The number of rotatable bonds is 5. The van der Waals surface area contributed by atoms with Gasteiger partial charge in [-0.1, -0.05) is 18.2 Å². The summed E-state index contributed by atoms with van der Waals surface area (Å²) in [6, 6.07) is 17.3. The Bertz CT molecular complexity index is 1360. The minimum absolute atomic E-state index is 0.140. The zero-order valence-corrected chi connectivity index (χ0v) is 18.2. The molecule has 4 rings (SSSR count). The van der Waals surface area contributed by atoms with Crippen molar-refractivity contribution >= 4 is 27.3 Å². The molecule has 0 aliphatic rings. The van der Waals surface area contributed by atoms with Crippen LogP contribution >= 0.6 is 0 Å². The first-order valence-electron chi connectivity index (χ1n) is 9.64. The highest BCUT2D eigenvalue weighted by atomic mass is 32.2. The number of nitrogens with zero attached hydrogens (tertiary/aromatic N) is 3. The van der Waals surface area contributed by atoms with Gasteiger partial charge in [-0.15, -0.1) is 0 Å². The Labute approximate surface area is 181 Å². The second kappa shape index (κ2) is 7.98. The van der Waals surface area contributed by atoms with E-state index < -0.39 is 10.0 Å². The van der Waals surface area contributed by atoms with Gasteiger partial charge in [0.05, 0.1) is 10.6 Å². The Morgan fingerprint density at radius 1 is 1.00 bits per heavy atom. The number of benzene rings is 2. The third-order valence-electron chi connectivity index (χ3n) is 5.01. The molecule has 0 aliphatic heterocycles. The van der Waals surface area contributed by atoms with Crippen LogP contribution in [0.4, 0.5) is 5.69 Å². The van der Waals surface area contributed by atoms with Gasteiger partial charge in [0.25, 0.3) is 5.91 Å². The smallest absolute Gasteiger partial charge is 0.255 e. The highest BCUT2D eigenvalue weighted by Crippen LogP contribution is 2.23. The second-order valence-corrected chi connectivity index (χ2v) is 9.54. The standard InChI is InChI=1S/C23H22N4O3S/c1-16-5-4-14-27-15-21(25-22(16)27)17-6-10-19(11-7-17)24-23(28)18-8-12-20(13-9-18)31(29,30)26(2)3/h4-15H,1-3H3,(H,24,28). The molecule has 0 aliphatic carbocycles. The number of hydrogen-bond donors (Lipinski definition) is 1. The second-order valence-electron chi connectivity index (χ2n) is 7.39. The van der Waals surface area contributed by atoms with Gasteiger partial charge in [-0.25, -0.2) is 17.7 Å². The summed E-state index contributed by atoms with van der Waals surface area (Å²) in [6.07, 6.45) is 3.93. The van der Waals surface area contributed by atoms with Crippen LogP contribution in [0, 0.1) is 6.92 Å². The van der Waals surface area contributed by atoms with Gasteiger partial charge in [-0.3, -0.25) is 4.79 Å². The topological polar surface area (TPSA) is 83.8 Å². The number of pyridine rings is 1. The zero-order valence-electron chi connectivity index (χ0n) is 17.4. The van der Waals surface area contributed by atoms with Gasteiger partial charge in [0.1, 0.15) is 5.65 Å². The molecule has 158 valence electrons. The SMILES string of the molecule is Cc1cccn2cc(-c3ccc(NC(=O)c4ccc(S(=O)(=O)N(C)C)cc4)cc3)nc12. The minimum atomic E-state index is -3.53. The van der Waals surface area contributed by atoms with Crippen LogP contribution in [0.5, 0.6) is 0 Å². The third-order valence-corrected chi connectivity index (χ3v) is 6.84. The highest BCUT2D eigenvalue weighted by Gasteiger charge is 2.17. The Morgan fingerprint density at radius 3 is 2.29 bits per heavy atom. The molecule has 4 aromatic rings. The molecular formula is C23H22N4O3S. The number of nitrogens with one attached hydrogen (secondary N) is 1. The van der Waals surface area contributed by atoms with E-state index >= 15 is 0 Å². The van der Waals surface area contributed by atoms with E-state index in [1.807, 2.05) is 60.1 Å². The number of anilines is 1. The zero-order chi connectivity index (χ0) is 22.2. The molecule has 0 saturated heterocycles. The van der Waals surface area contributed by atoms with Gasteiger partial charge >= 0.3 is 0 Å². The van der Waals surface area contributed by atoms with E-state index in [4.69, 9.17) is 0 Å². The molecule has 0 saturated carbocycles. The van der Waals surface area contributed by atoms with Crippen molar-refractivity contribution in [3.63, 3.8) is 0 Å². The Hall–Kier alpha value is -3.49. The predicted octanol–water partition coefficient (Wildman–Crippen LogP) is 3.81. The third kappa shape index (κ3) is 4.08. The molecule has 0 bridgehead atoms. The number of aryl methyl sites for hydroxylation is 1. The molecule has 2 heterocycles. The lowest BCUT2D eigenvalue weighted by Gasteiger charge is -2.11. The van der Waals surface area contributed by atoms with Crippen molar-refractivity contribution in [2.24, 2.45) is 0 Å². The summed E-state index contributed by atoms with van der Waals surface area (Å²) in [5.41, 5.74) is 4.82. The Morgan fingerprint density at radius 2 is 1.68 bits per heavy atom. The first-order valence-corrected chi connectivity index (χ1v) is 11.1. The van der Waals surface area contributed by atoms with Crippen molar-refractivity contribution in [1.29, 1.82) is 0 Å². The van der Waals surface area contributed by atoms with Crippen LogP contribution in [-0.4, -0.2) is 42.1 Å². The average molecular weight is 435 g/mol. The molecule has 31 heavy (non-hydrogen) atoms. The van der Waals surface area contributed by atoms with Gasteiger partial charge in [-0.05, 0) is 55.0 Å². The number of carbonyl (C=O) groups excluding carboxylic acids is 1. The van der Waals surface area contributed by atoms with E-state index in [1.165, 1.54) is 38.4 Å². The van der Waals surface area contributed by atoms with E-state index in [9.17, 15) is 13.2 Å². The summed E-state index contributed by atoms with van der Waals surface area (Å²) in [4.78, 5) is 17.4. The average Bonchev–Trinajstić information content (AvgIpc) is 3.20. The van der Waals surface area contributed by atoms with Gasteiger partial charge < -0.3 is 9.72 Å². The maximum Gasteiger partial charge on any atom is 0.255 e. The number of carbonyl (C=O) groups is 1. The lowest BCUT2D eigenvalue weighted by atomic mass is 10.1. The van der Waals surface area contributed by atoms with E-state index in [2.05, 4.69) is 10.3 Å². The molecule has 7 nitrogen and oxygen atoms in total. The first-order chi connectivity index (χ1) is 14.8. The molecule has 1 N–H and O–H groups in total. The predicted molar refractivity (Wildman–Crippen MR) is 121 cm³/mol. The molecular weight excluding hydrogens is 412 g/mol. The molecule has 0 spiro atoms. The first kappa shape index (κ1) is 20.8. The number of imidazole rings is 1. The largest absolute Gasteiger partial charge is 0.322 e. The number of hydrogen-bond acceptors (Lipinski definition) is 4. The Balaban J connectivity index is 1.49. The summed E-state index contributed by atoms with van der Waals surface area (Å²) in [5.74, 6) is -0.315. The van der Waals surface area contributed by atoms with E-state index in [0.717, 1.165) is 26.8 Å². The quantitative estimate of drug-likeness (QED) is 0.518. The van der Waals surface area contributed by atoms with E-state index in [-0.39, 0.29) is 10.8 Å². The summed E-state index contributed by atoms with van der Waals surface area (Å²) in [6.45, 7) is 2.02. The molecule has 0 radical (unpaired) electrons. The number of amides is 1. The fourth-order valence-electron chi connectivity index (χ4n) is 3.21. The van der Waals surface area contributed by atoms with Crippen molar-refractivity contribution in [2.45, 2.75) is 11.8 Å². The molecule has 0 atom stereocenters. The molecule has 0 unspecified atom stereocenters. The monoisotopic (exact) mass is 434 g/mol. The van der Waals surface area contributed by atoms with Crippen molar-refractivity contribution in [3.05, 3.63) is 84.2 Å². The normalized spacial score (nSPS) is 11.7. The molecule has 2 aromatic carbocycles. The van der Waals surface area contributed by atoms with Gasteiger partial charge in [0.2, 0.25) is 10.0 Å². The van der Waals surface area contributed by atoms with E-state index in [0.29, 0.717) is 11.3 Å². The maximum atomic E-state index is 12.5.